The summed E-state index contributed by atoms with van der Waals surface area (Å²) in [5, 5.41) is 0. The second kappa shape index (κ2) is 8.22. The van der Waals surface area contributed by atoms with Gasteiger partial charge >= 0.3 is 0 Å². The summed E-state index contributed by atoms with van der Waals surface area (Å²) in [6.07, 6.45) is 2.72. The van der Waals surface area contributed by atoms with E-state index in [0.29, 0.717) is 16.9 Å². The molecule has 7 heteroatoms. The van der Waals surface area contributed by atoms with Crippen molar-refractivity contribution in [3.05, 3.63) is 28.0 Å². The van der Waals surface area contributed by atoms with Crippen molar-refractivity contribution < 1.29 is 12.8 Å². The summed E-state index contributed by atoms with van der Waals surface area (Å²) in [5.74, 6) is -0.188. The highest BCUT2D eigenvalue weighted by molar-refractivity contribution is 9.10. The van der Waals surface area contributed by atoms with Gasteiger partial charge in [-0.3, -0.25) is 0 Å². The Morgan fingerprint density at radius 1 is 1.33 bits per heavy atom. The number of halogens is 2. The van der Waals surface area contributed by atoms with Crippen LogP contribution in [0.2, 0.25) is 0 Å². The fourth-order valence-corrected chi connectivity index (χ4v) is 3.80. The van der Waals surface area contributed by atoms with Crippen molar-refractivity contribution in [1.29, 1.82) is 0 Å². The number of sulfonamides is 1. The molecule has 1 aromatic carbocycles. The number of hydrogen-bond donors (Lipinski definition) is 2. The van der Waals surface area contributed by atoms with Gasteiger partial charge in [-0.25, -0.2) is 17.5 Å². The van der Waals surface area contributed by atoms with E-state index >= 15 is 0 Å². The Labute approximate surface area is 134 Å². The summed E-state index contributed by atoms with van der Waals surface area (Å²) in [7, 11) is -3.86. The Balaban J connectivity index is 2.77. The van der Waals surface area contributed by atoms with Gasteiger partial charge in [-0.2, -0.15) is 0 Å². The van der Waals surface area contributed by atoms with Gasteiger partial charge in [-0.1, -0.05) is 42.6 Å². The van der Waals surface area contributed by atoms with E-state index in [0.717, 1.165) is 19.3 Å². The molecule has 0 fully saturated rings. The highest BCUT2D eigenvalue weighted by Crippen LogP contribution is 2.23. The molecule has 21 heavy (non-hydrogen) atoms. The second-order valence-electron chi connectivity index (χ2n) is 5.37. The van der Waals surface area contributed by atoms with Crippen LogP contribution in [-0.2, 0) is 16.6 Å². The molecule has 0 saturated carbocycles. The van der Waals surface area contributed by atoms with Crippen LogP contribution >= 0.6 is 15.9 Å². The molecular formula is C14H22BrFN2O2S. The fourth-order valence-electron chi connectivity index (χ4n) is 1.92. The van der Waals surface area contributed by atoms with Gasteiger partial charge in [-0.05, 0) is 24.5 Å². The molecule has 120 valence electrons. The summed E-state index contributed by atoms with van der Waals surface area (Å²) >= 11 is 3.17. The predicted molar refractivity (Wildman–Crippen MR) is 85.9 cm³/mol. The first-order valence-electron chi connectivity index (χ1n) is 6.95. The summed E-state index contributed by atoms with van der Waals surface area (Å²) in [4.78, 5) is -0.360. The Morgan fingerprint density at radius 3 is 2.57 bits per heavy atom. The molecule has 0 unspecified atom stereocenters. The topological polar surface area (TPSA) is 72.2 Å². The minimum Gasteiger partial charge on any atom is -0.326 e. The lowest BCUT2D eigenvalue weighted by Gasteiger charge is -2.11. The number of nitrogens with one attached hydrogen (secondary N) is 1. The van der Waals surface area contributed by atoms with E-state index in [4.69, 9.17) is 5.73 Å². The van der Waals surface area contributed by atoms with Gasteiger partial charge < -0.3 is 5.73 Å². The van der Waals surface area contributed by atoms with Crippen LogP contribution in [0.15, 0.2) is 21.5 Å². The molecule has 1 aromatic rings. The molecule has 3 N–H and O–H groups in total. The predicted octanol–water partition coefficient (Wildman–Crippen LogP) is 3.15. The SMILES string of the molecule is CC(C)CCCCNS(=O)(=O)c1cc(Br)cc(CN)c1F. The maximum absolute atomic E-state index is 14.1. The molecule has 0 saturated heterocycles. The van der Waals surface area contributed by atoms with Crippen LogP contribution in [0.5, 0.6) is 0 Å². The molecule has 0 aromatic heterocycles. The third kappa shape index (κ3) is 5.65. The summed E-state index contributed by atoms with van der Waals surface area (Å²) in [6, 6.07) is 2.74. The number of hydrogen-bond acceptors (Lipinski definition) is 3. The first-order chi connectivity index (χ1) is 9.77. The lowest BCUT2D eigenvalue weighted by Crippen LogP contribution is -2.26. The van der Waals surface area contributed by atoms with E-state index in [-0.39, 0.29) is 17.0 Å². The van der Waals surface area contributed by atoms with Gasteiger partial charge in [-0.15, -0.1) is 0 Å². The number of unbranched alkanes of at least 4 members (excludes halogenated alkanes) is 1. The highest BCUT2D eigenvalue weighted by atomic mass is 79.9. The van der Waals surface area contributed by atoms with Crippen molar-refractivity contribution >= 4 is 26.0 Å². The van der Waals surface area contributed by atoms with Crippen LogP contribution in [0, 0.1) is 11.7 Å². The Bertz CT molecular complexity index is 577. The average Bonchev–Trinajstić information content (AvgIpc) is 2.40. The van der Waals surface area contributed by atoms with Crippen LogP contribution in [0.1, 0.15) is 38.7 Å². The molecule has 4 nitrogen and oxygen atoms in total. The van der Waals surface area contributed by atoms with Gasteiger partial charge in [0.2, 0.25) is 10.0 Å². The Morgan fingerprint density at radius 2 is 2.00 bits per heavy atom. The van der Waals surface area contributed by atoms with Crippen molar-refractivity contribution in [3.8, 4) is 0 Å². The molecule has 0 radical (unpaired) electrons. The van der Waals surface area contributed by atoms with Crippen LogP contribution in [-0.4, -0.2) is 15.0 Å². The molecule has 0 spiro atoms. The third-order valence-electron chi connectivity index (χ3n) is 3.09. The van der Waals surface area contributed by atoms with Crippen molar-refractivity contribution in [3.63, 3.8) is 0 Å². The van der Waals surface area contributed by atoms with Gasteiger partial charge in [0, 0.05) is 23.1 Å². The van der Waals surface area contributed by atoms with E-state index in [1.54, 1.807) is 0 Å². The monoisotopic (exact) mass is 380 g/mol. The van der Waals surface area contributed by atoms with E-state index in [9.17, 15) is 12.8 Å². The zero-order chi connectivity index (χ0) is 16.0. The summed E-state index contributed by atoms with van der Waals surface area (Å²) in [6.45, 7) is 4.49. The number of nitrogens with two attached hydrogens (primary N) is 1. The van der Waals surface area contributed by atoms with Gasteiger partial charge in [0.15, 0.2) is 0 Å². The van der Waals surface area contributed by atoms with Gasteiger partial charge in [0.05, 0.1) is 0 Å². The van der Waals surface area contributed by atoms with Crippen LogP contribution in [0.4, 0.5) is 4.39 Å². The first-order valence-corrected chi connectivity index (χ1v) is 9.23. The number of rotatable bonds is 8. The third-order valence-corrected chi connectivity index (χ3v) is 5.01. The summed E-state index contributed by atoms with van der Waals surface area (Å²) < 4.78 is 41.4. The quantitative estimate of drug-likeness (QED) is 0.680. The normalized spacial score (nSPS) is 12.1. The van der Waals surface area contributed by atoms with E-state index in [1.165, 1.54) is 12.1 Å². The van der Waals surface area contributed by atoms with Crippen LogP contribution in [0.25, 0.3) is 0 Å². The van der Waals surface area contributed by atoms with Crippen LogP contribution < -0.4 is 10.5 Å². The van der Waals surface area contributed by atoms with Crippen molar-refractivity contribution in [2.24, 2.45) is 11.7 Å². The van der Waals surface area contributed by atoms with E-state index < -0.39 is 15.8 Å². The van der Waals surface area contributed by atoms with E-state index in [2.05, 4.69) is 34.5 Å². The highest BCUT2D eigenvalue weighted by Gasteiger charge is 2.21. The smallest absolute Gasteiger partial charge is 0.243 e. The van der Waals surface area contributed by atoms with Crippen LogP contribution in [0.3, 0.4) is 0 Å². The lowest BCUT2D eigenvalue weighted by molar-refractivity contribution is 0.526. The second-order valence-corrected chi connectivity index (χ2v) is 8.02. The zero-order valence-electron chi connectivity index (χ0n) is 12.3. The van der Waals surface area contributed by atoms with Crippen molar-refractivity contribution in [1.82, 2.24) is 4.72 Å². The standard InChI is InChI=1S/C14H22BrFN2O2S/c1-10(2)5-3-4-6-18-21(19,20)13-8-12(15)7-11(9-17)14(13)16/h7-8,10,18H,3-6,9,17H2,1-2H3. The van der Waals surface area contributed by atoms with Gasteiger partial charge in [0.1, 0.15) is 10.7 Å². The molecule has 0 heterocycles. The molecule has 0 amide bonds. The minimum absolute atomic E-state index is 0.0534. The average molecular weight is 381 g/mol. The van der Waals surface area contributed by atoms with E-state index in [1.807, 2.05) is 0 Å². The summed E-state index contributed by atoms with van der Waals surface area (Å²) in [5.41, 5.74) is 5.59. The number of benzene rings is 1. The maximum atomic E-state index is 14.1. The molecular weight excluding hydrogens is 359 g/mol. The first kappa shape index (κ1) is 18.5. The van der Waals surface area contributed by atoms with Crippen molar-refractivity contribution in [2.75, 3.05) is 6.54 Å². The van der Waals surface area contributed by atoms with Crippen molar-refractivity contribution in [2.45, 2.75) is 44.6 Å². The molecule has 0 atom stereocenters. The minimum atomic E-state index is -3.86. The Hall–Kier alpha value is -0.500. The maximum Gasteiger partial charge on any atom is 0.243 e. The zero-order valence-corrected chi connectivity index (χ0v) is 14.7. The molecule has 0 aliphatic carbocycles. The lowest BCUT2D eigenvalue weighted by atomic mass is 10.1. The molecule has 0 aliphatic rings. The molecule has 0 bridgehead atoms. The largest absolute Gasteiger partial charge is 0.326 e. The Kier molecular flexibility index (Phi) is 7.26. The van der Waals surface area contributed by atoms with Gasteiger partial charge in [0.25, 0.3) is 0 Å². The molecule has 1 rings (SSSR count). The fraction of sp³-hybridized carbons (Fsp3) is 0.571. The molecule has 0 aliphatic heterocycles.